The number of ether oxygens (including phenoxy) is 1. The normalized spacial score (nSPS) is 27.2. The third kappa shape index (κ3) is 1.30. The lowest BCUT2D eigenvalue weighted by Gasteiger charge is -2.32. The number of rotatable bonds is 2. The summed E-state index contributed by atoms with van der Waals surface area (Å²) in [7, 11) is 0. The van der Waals surface area contributed by atoms with Crippen molar-refractivity contribution in [1.29, 1.82) is 5.26 Å². The first-order valence-electron chi connectivity index (χ1n) is 3.77. The van der Waals surface area contributed by atoms with Crippen LogP contribution in [-0.2, 0) is 4.74 Å². The fourth-order valence-electron chi connectivity index (χ4n) is 1.20. The Morgan fingerprint density at radius 2 is 2.20 bits per heavy atom. The Hall–Kier alpha value is -0.550. The minimum atomic E-state index is 0.105. The van der Waals surface area contributed by atoms with Gasteiger partial charge in [0, 0.05) is 6.61 Å². The fourth-order valence-corrected chi connectivity index (χ4v) is 1.20. The van der Waals surface area contributed by atoms with Gasteiger partial charge in [0.15, 0.2) is 0 Å². The highest BCUT2D eigenvalue weighted by molar-refractivity contribution is 4.93. The first-order chi connectivity index (χ1) is 4.75. The van der Waals surface area contributed by atoms with Gasteiger partial charge >= 0.3 is 0 Å². The van der Waals surface area contributed by atoms with Gasteiger partial charge in [0.2, 0.25) is 0 Å². The molecule has 0 bridgehead atoms. The predicted octanol–water partition coefficient (Wildman–Crippen LogP) is 1.57. The maximum absolute atomic E-state index is 8.70. The van der Waals surface area contributed by atoms with E-state index in [1.54, 1.807) is 0 Å². The minimum Gasteiger partial charge on any atom is -0.377 e. The third-order valence-electron chi connectivity index (χ3n) is 2.00. The Balaban J connectivity index is 2.41. The molecule has 2 unspecified atom stereocenters. The highest BCUT2D eigenvalue weighted by atomic mass is 16.5. The zero-order chi connectivity index (χ0) is 7.56. The van der Waals surface area contributed by atoms with Crippen LogP contribution in [0.25, 0.3) is 0 Å². The molecule has 10 heavy (non-hydrogen) atoms. The van der Waals surface area contributed by atoms with E-state index in [0.717, 1.165) is 13.0 Å². The van der Waals surface area contributed by atoms with Gasteiger partial charge in [-0.05, 0) is 12.3 Å². The van der Waals surface area contributed by atoms with Crippen molar-refractivity contribution >= 4 is 0 Å². The Kier molecular flexibility index (Phi) is 2.29. The first kappa shape index (κ1) is 7.56. The highest BCUT2D eigenvalue weighted by Crippen LogP contribution is 2.25. The molecular weight excluding hydrogens is 126 g/mol. The Bertz CT molecular complexity index is 144. The highest BCUT2D eigenvalue weighted by Gasteiger charge is 2.30. The average Bonchev–Trinajstić information content (AvgIpc) is 1.76. The number of hydrogen-bond donors (Lipinski definition) is 0. The van der Waals surface area contributed by atoms with Crippen molar-refractivity contribution in [2.24, 2.45) is 11.8 Å². The van der Waals surface area contributed by atoms with Crippen LogP contribution in [0, 0.1) is 23.2 Å². The van der Waals surface area contributed by atoms with E-state index in [0.29, 0.717) is 5.92 Å². The Morgan fingerprint density at radius 1 is 1.60 bits per heavy atom. The van der Waals surface area contributed by atoms with E-state index >= 15 is 0 Å². The van der Waals surface area contributed by atoms with Gasteiger partial charge in [-0.25, -0.2) is 0 Å². The lowest BCUT2D eigenvalue weighted by molar-refractivity contribution is -0.0807. The van der Waals surface area contributed by atoms with Crippen LogP contribution in [0.15, 0.2) is 0 Å². The molecule has 0 amide bonds. The van der Waals surface area contributed by atoms with Gasteiger partial charge in [0.1, 0.15) is 0 Å². The molecule has 56 valence electrons. The van der Waals surface area contributed by atoms with Gasteiger partial charge in [-0.1, -0.05) is 13.8 Å². The lowest BCUT2D eigenvalue weighted by Crippen LogP contribution is -2.36. The Morgan fingerprint density at radius 3 is 2.30 bits per heavy atom. The molecule has 2 nitrogen and oxygen atoms in total. The second-order valence-electron chi connectivity index (χ2n) is 3.10. The molecule has 0 aromatic rings. The van der Waals surface area contributed by atoms with E-state index in [9.17, 15) is 0 Å². The molecule has 1 heterocycles. The summed E-state index contributed by atoms with van der Waals surface area (Å²) in [5.41, 5.74) is 0. The molecule has 2 heteroatoms. The quantitative estimate of drug-likeness (QED) is 0.581. The second kappa shape index (κ2) is 3.03. The molecule has 0 spiro atoms. The van der Waals surface area contributed by atoms with Crippen molar-refractivity contribution in [3.05, 3.63) is 0 Å². The van der Waals surface area contributed by atoms with Crippen LogP contribution in [0.3, 0.4) is 0 Å². The first-order valence-corrected chi connectivity index (χ1v) is 3.77. The van der Waals surface area contributed by atoms with Crippen molar-refractivity contribution in [3.63, 3.8) is 0 Å². The number of hydrogen-bond acceptors (Lipinski definition) is 2. The van der Waals surface area contributed by atoms with Crippen molar-refractivity contribution in [2.45, 2.75) is 26.4 Å². The zero-order valence-electron chi connectivity index (χ0n) is 6.50. The summed E-state index contributed by atoms with van der Waals surface area (Å²) in [6, 6.07) is 2.28. The number of nitriles is 1. The zero-order valence-corrected chi connectivity index (χ0v) is 6.50. The van der Waals surface area contributed by atoms with Crippen molar-refractivity contribution in [3.8, 4) is 6.07 Å². The molecule has 1 rings (SSSR count). The van der Waals surface area contributed by atoms with Crippen LogP contribution in [0.5, 0.6) is 0 Å². The molecule has 1 saturated heterocycles. The third-order valence-corrected chi connectivity index (χ3v) is 2.00. The van der Waals surface area contributed by atoms with Crippen LogP contribution in [0.1, 0.15) is 20.3 Å². The van der Waals surface area contributed by atoms with Gasteiger partial charge in [0.25, 0.3) is 0 Å². The maximum atomic E-state index is 8.70. The summed E-state index contributed by atoms with van der Waals surface area (Å²) < 4.78 is 5.22. The molecule has 1 aliphatic heterocycles. The summed E-state index contributed by atoms with van der Waals surface area (Å²) in [6.07, 6.45) is 1.29. The van der Waals surface area contributed by atoms with Gasteiger partial charge in [0.05, 0.1) is 18.1 Å². The topological polar surface area (TPSA) is 33.0 Å². The largest absolute Gasteiger partial charge is 0.377 e. The van der Waals surface area contributed by atoms with Gasteiger partial charge in [-0.3, -0.25) is 0 Å². The molecule has 0 radical (unpaired) electrons. The predicted molar refractivity (Wildman–Crippen MR) is 38.3 cm³/mol. The summed E-state index contributed by atoms with van der Waals surface area (Å²) in [5, 5.41) is 8.70. The molecule has 0 saturated carbocycles. The van der Waals surface area contributed by atoms with E-state index in [2.05, 4.69) is 19.9 Å². The monoisotopic (exact) mass is 139 g/mol. The van der Waals surface area contributed by atoms with Gasteiger partial charge in [-0.2, -0.15) is 5.26 Å². The van der Waals surface area contributed by atoms with Crippen LogP contribution >= 0.6 is 0 Å². The molecule has 0 aromatic heterocycles. The lowest BCUT2D eigenvalue weighted by atomic mass is 9.88. The van der Waals surface area contributed by atoms with E-state index < -0.39 is 0 Å². The average molecular weight is 139 g/mol. The molecule has 2 atom stereocenters. The van der Waals surface area contributed by atoms with E-state index in [4.69, 9.17) is 10.00 Å². The van der Waals surface area contributed by atoms with Crippen LogP contribution in [0.4, 0.5) is 0 Å². The summed E-state index contributed by atoms with van der Waals surface area (Å²) in [6.45, 7) is 4.97. The SMILES string of the molecule is CC(C)C(C#N)C1CCO1. The van der Waals surface area contributed by atoms with Crippen LogP contribution in [-0.4, -0.2) is 12.7 Å². The molecule has 0 N–H and O–H groups in total. The van der Waals surface area contributed by atoms with Crippen molar-refractivity contribution in [2.75, 3.05) is 6.61 Å². The van der Waals surface area contributed by atoms with E-state index in [1.165, 1.54) is 0 Å². The van der Waals surface area contributed by atoms with Crippen LogP contribution < -0.4 is 0 Å². The number of nitrogens with zero attached hydrogens (tertiary/aromatic N) is 1. The Labute approximate surface area is 61.8 Å². The smallest absolute Gasteiger partial charge is 0.0757 e. The van der Waals surface area contributed by atoms with Crippen molar-refractivity contribution < 1.29 is 4.74 Å². The summed E-state index contributed by atoms with van der Waals surface area (Å²) >= 11 is 0. The minimum absolute atomic E-state index is 0.105. The standard InChI is InChI=1S/C8H13NO/c1-6(2)7(5-9)8-3-4-10-8/h6-8H,3-4H2,1-2H3. The van der Waals surface area contributed by atoms with E-state index in [1.807, 2.05) is 0 Å². The molecule has 1 fully saturated rings. The van der Waals surface area contributed by atoms with Crippen LogP contribution in [0.2, 0.25) is 0 Å². The summed E-state index contributed by atoms with van der Waals surface area (Å²) in [4.78, 5) is 0. The second-order valence-corrected chi connectivity index (χ2v) is 3.10. The van der Waals surface area contributed by atoms with Crippen molar-refractivity contribution in [1.82, 2.24) is 0 Å². The maximum Gasteiger partial charge on any atom is 0.0757 e. The molecule has 1 aliphatic rings. The van der Waals surface area contributed by atoms with Gasteiger partial charge < -0.3 is 4.74 Å². The molecule has 0 aliphatic carbocycles. The van der Waals surface area contributed by atoms with Gasteiger partial charge in [-0.15, -0.1) is 0 Å². The fraction of sp³-hybridized carbons (Fsp3) is 0.875. The molecule has 0 aromatic carbocycles. The molecular formula is C8H13NO. The van der Waals surface area contributed by atoms with E-state index in [-0.39, 0.29) is 12.0 Å². The summed E-state index contributed by atoms with van der Waals surface area (Å²) in [5.74, 6) is 0.532.